The van der Waals surface area contributed by atoms with Crippen LogP contribution in [-0.4, -0.2) is 16.1 Å². The Labute approximate surface area is 713 Å². The molecule has 0 saturated carbocycles. The van der Waals surface area contributed by atoms with Crippen LogP contribution in [0.3, 0.4) is 0 Å². The summed E-state index contributed by atoms with van der Waals surface area (Å²) in [4.78, 5) is 4.98. The van der Waals surface area contributed by atoms with Crippen molar-refractivity contribution in [2.75, 3.05) is 9.80 Å². The maximum Gasteiger partial charge on any atom is 0.179 e. The molecule has 0 aromatic heterocycles. The zero-order valence-electron chi connectivity index (χ0n) is 69.1. The highest BCUT2D eigenvalue weighted by molar-refractivity contribution is 7.20. The number of anilines is 6. The predicted octanol–water partition coefficient (Wildman–Crippen LogP) is 24.9. The molecule has 18 aromatic rings. The van der Waals surface area contributed by atoms with E-state index < -0.39 is 16.1 Å². The van der Waals surface area contributed by atoms with Crippen LogP contribution in [0.25, 0.3) is 79.2 Å². The zero-order chi connectivity index (χ0) is 81.6. The minimum atomic E-state index is -2.76. The van der Waals surface area contributed by atoms with Gasteiger partial charge in [-0.05, 0) is 202 Å². The first-order valence-corrected chi connectivity index (χ1v) is 46.6. The number of rotatable bonds is 18. The Bertz CT molecular complexity index is 6440. The van der Waals surface area contributed by atoms with E-state index in [1.54, 1.807) is 0 Å². The third-order valence-electron chi connectivity index (χ3n) is 26.9. The first-order valence-electron chi connectivity index (χ1n) is 42.6. The van der Waals surface area contributed by atoms with E-state index in [0.717, 1.165) is 34.1 Å². The predicted molar refractivity (Wildman–Crippen MR) is 521 cm³/mol. The summed E-state index contributed by atoms with van der Waals surface area (Å²) in [7, 11) is -5.52. The second-order valence-electron chi connectivity index (χ2n) is 34.7. The molecule has 21 rings (SSSR count). The summed E-state index contributed by atoms with van der Waals surface area (Å²) in [6, 6.07) is 160. The lowest BCUT2D eigenvalue weighted by atomic mass is 9.81. The van der Waals surface area contributed by atoms with Gasteiger partial charge in [-0.1, -0.05) is 430 Å². The summed E-state index contributed by atoms with van der Waals surface area (Å²) in [6.07, 6.45) is 9.26. The van der Waals surface area contributed by atoms with E-state index in [2.05, 4.69) is 500 Å². The Morgan fingerprint density at radius 2 is 0.405 bits per heavy atom. The molecule has 0 N–H and O–H groups in total. The van der Waals surface area contributed by atoms with Gasteiger partial charge in [0.2, 0.25) is 0 Å². The van der Waals surface area contributed by atoms with Crippen LogP contribution in [0, 0.1) is 0 Å². The molecule has 0 saturated heterocycles. The number of hydrogen-bond acceptors (Lipinski definition) is 2. The summed E-state index contributed by atoms with van der Waals surface area (Å²) in [6.45, 7) is 14.4. The van der Waals surface area contributed by atoms with E-state index in [-0.39, 0.29) is 16.2 Å². The Morgan fingerprint density at radius 1 is 0.190 bits per heavy atom. The van der Waals surface area contributed by atoms with Crippen LogP contribution in [0.5, 0.6) is 0 Å². The van der Waals surface area contributed by atoms with Gasteiger partial charge in [0, 0.05) is 49.8 Å². The minimum absolute atomic E-state index is 0.205. The molecule has 578 valence electrons. The third kappa shape index (κ3) is 12.4. The van der Waals surface area contributed by atoms with Crippen molar-refractivity contribution in [2.45, 2.75) is 57.8 Å². The fraction of sp³-hybridized carbons (Fsp3) is 0.0769. The normalized spacial score (nSPS) is 13.8. The highest BCUT2D eigenvalue weighted by atomic mass is 28.3. The maximum absolute atomic E-state index is 2.76. The molecule has 0 heterocycles. The van der Waals surface area contributed by atoms with E-state index in [4.69, 9.17) is 0 Å². The average molecular weight is 1580 g/mol. The van der Waals surface area contributed by atoms with Gasteiger partial charge >= 0.3 is 0 Å². The summed E-state index contributed by atoms with van der Waals surface area (Å²) >= 11 is 0. The quantitative estimate of drug-likeness (QED) is 0.0480. The highest BCUT2D eigenvalue weighted by Crippen LogP contribution is 2.55. The molecule has 0 spiro atoms. The first-order chi connectivity index (χ1) is 59.2. The number of nitrogens with zero attached hydrogens (tertiary/aromatic N) is 2. The fourth-order valence-electron chi connectivity index (χ4n) is 20.8. The Morgan fingerprint density at radius 3 is 0.678 bits per heavy atom. The molecule has 0 aliphatic heterocycles. The van der Waals surface area contributed by atoms with Crippen LogP contribution in [-0.2, 0) is 16.2 Å². The minimum Gasteiger partial charge on any atom is -0.310 e. The van der Waals surface area contributed by atoms with Crippen molar-refractivity contribution < 1.29 is 0 Å². The van der Waals surface area contributed by atoms with Crippen LogP contribution in [0.15, 0.2) is 425 Å². The van der Waals surface area contributed by atoms with Crippen LogP contribution in [0.4, 0.5) is 34.1 Å². The van der Waals surface area contributed by atoms with Crippen molar-refractivity contribution in [3.63, 3.8) is 0 Å². The van der Waals surface area contributed by atoms with Gasteiger partial charge in [-0.2, -0.15) is 0 Å². The van der Waals surface area contributed by atoms with E-state index in [9.17, 15) is 0 Å². The standard InChI is InChI=1S/C117H92N2Si2/c1-115(2)107-75-81(51-53-83-57-71-103-105-73-63-89(79-111(105)116(3,4)109(103)77-83)118(113-49-29-33-85-31-25-27-47-99(85)113)87-59-65-97(66-60-87)120(91-35-13-7-14-36-91,92-37-15-8-16-38-92)93-39-17-9-18-40-93)55-69-101(107)102-70-56-82(76-108(102)115)52-54-84-58-72-104-106-74-64-90(80-112(106)117(5,6)110(104)78-84)119(114-50-30-34-86-32-26-28-48-100(86)114)88-61-67-98(68-62-88)121(94-41-19-10-20-42-94,95-43-21-11-22-44-95)96-45-23-12-24-46-96/h7-80H,1-6H3. The van der Waals surface area contributed by atoms with E-state index in [0.29, 0.717) is 0 Å². The number of hydrogen-bond donors (Lipinski definition) is 0. The van der Waals surface area contributed by atoms with Gasteiger partial charge in [-0.15, -0.1) is 0 Å². The molecule has 0 atom stereocenters. The second-order valence-corrected chi connectivity index (χ2v) is 42.3. The lowest BCUT2D eigenvalue weighted by Gasteiger charge is -2.35. The summed E-state index contributed by atoms with van der Waals surface area (Å²) in [5.74, 6) is 0. The largest absolute Gasteiger partial charge is 0.310 e. The van der Waals surface area contributed by atoms with Gasteiger partial charge in [0.25, 0.3) is 0 Å². The molecule has 0 amide bonds. The maximum atomic E-state index is 2.49. The molecule has 4 heteroatoms. The molecule has 3 aliphatic rings. The topological polar surface area (TPSA) is 6.48 Å². The third-order valence-corrected chi connectivity index (χ3v) is 36.5. The van der Waals surface area contributed by atoms with Gasteiger partial charge in [0.15, 0.2) is 16.1 Å². The molecule has 121 heavy (non-hydrogen) atoms. The monoisotopic (exact) mass is 1580 g/mol. The highest BCUT2D eigenvalue weighted by Gasteiger charge is 2.45. The van der Waals surface area contributed by atoms with Crippen LogP contribution >= 0.6 is 0 Å². The number of benzene rings is 18. The van der Waals surface area contributed by atoms with Gasteiger partial charge < -0.3 is 9.80 Å². The molecule has 0 radical (unpaired) electrons. The average Bonchev–Trinajstić information content (AvgIpc) is 1.68. The van der Waals surface area contributed by atoms with Crippen molar-refractivity contribution >= 4 is 138 Å². The zero-order valence-corrected chi connectivity index (χ0v) is 71.1. The molecule has 18 aromatic carbocycles. The Balaban J connectivity index is 0.543. The molecular weight excluding hydrogens is 1490 g/mol. The molecule has 0 fully saturated rings. The Hall–Kier alpha value is -14.0. The van der Waals surface area contributed by atoms with Crippen molar-refractivity contribution in [2.24, 2.45) is 0 Å². The van der Waals surface area contributed by atoms with Gasteiger partial charge in [0.05, 0.1) is 11.4 Å². The van der Waals surface area contributed by atoms with Gasteiger partial charge in [-0.25, -0.2) is 0 Å². The lowest BCUT2D eigenvalue weighted by Crippen LogP contribution is -2.74. The van der Waals surface area contributed by atoms with Crippen molar-refractivity contribution in [3.8, 4) is 33.4 Å². The summed E-state index contributed by atoms with van der Waals surface area (Å²) in [5.41, 5.74) is 26.7. The van der Waals surface area contributed by atoms with Crippen molar-refractivity contribution in [1.82, 2.24) is 0 Å². The van der Waals surface area contributed by atoms with E-state index in [1.807, 2.05) is 0 Å². The molecular formula is C117H92N2Si2. The second kappa shape index (κ2) is 29.8. The molecule has 0 bridgehead atoms. The lowest BCUT2D eigenvalue weighted by molar-refractivity contribution is 0.660. The summed E-state index contributed by atoms with van der Waals surface area (Å²) < 4.78 is 0. The van der Waals surface area contributed by atoms with Crippen LogP contribution in [0.1, 0.15) is 97.2 Å². The SMILES string of the molecule is CC1(C)c2cc(C=Cc3ccc4c(c3)C(C)(C)c3cc(N(c5ccc([Si](c6ccccc6)(c6ccccc6)c6ccccc6)cc5)c5cccc6ccccc56)ccc3-4)ccc2-c2ccc(C=Cc3ccc4c(c3)C(C)(C)c3cc(N(c5ccc([Si](c6ccccc6)(c6ccccc6)c6ccccc6)cc5)c5cccc6ccccc56)ccc3-4)cc21. The van der Waals surface area contributed by atoms with Crippen LogP contribution in [0.2, 0.25) is 0 Å². The van der Waals surface area contributed by atoms with Crippen molar-refractivity contribution in [3.05, 3.63) is 480 Å². The van der Waals surface area contributed by atoms with E-state index >= 15 is 0 Å². The van der Waals surface area contributed by atoms with E-state index in [1.165, 1.54) is 152 Å². The number of fused-ring (bicyclic) bond motifs is 11. The summed E-state index contributed by atoms with van der Waals surface area (Å²) in [5, 5.41) is 15.7. The van der Waals surface area contributed by atoms with Crippen molar-refractivity contribution in [1.29, 1.82) is 0 Å². The molecule has 0 unspecified atom stereocenters. The first kappa shape index (κ1) is 74.5. The fourth-order valence-corrected chi connectivity index (χ4v) is 30.3. The Kier molecular flexibility index (Phi) is 18.4. The van der Waals surface area contributed by atoms with Gasteiger partial charge in [0.1, 0.15) is 0 Å². The smallest absolute Gasteiger partial charge is 0.179 e. The molecule has 2 nitrogen and oxygen atoms in total. The molecule has 3 aliphatic carbocycles. The van der Waals surface area contributed by atoms with Gasteiger partial charge in [-0.3, -0.25) is 0 Å². The van der Waals surface area contributed by atoms with Crippen LogP contribution < -0.4 is 51.3 Å².